The van der Waals surface area contributed by atoms with E-state index in [1.165, 1.54) is 12.1 Å². The molecular formula is C14H15ClF3NO2. The molecule has 0 bridgehead atoms. The topological polar surface area (TPSA) is 38.3 Å². The van der Waals surface area contributed by atoms with E-state index < -0.39 is 17.6 Å². The van der Waals surface area contributed by atoms with Crippen LogP contribution < -0.4 is 10.1 Å². The van der Waals surface area contributed by atoms with E-state index in [0.717, 1.165) is 37.8 Å². The molecule has 0 radical (unpaired) electrons. The van der Waals surface area contributed by atoms with E-state index in [1.54, 1.807) is 0 Å². The Hall–Kier alpha value is -1.43. The average Bonchev–Trinajstić information content (AvgIpc) is 2.89. The summed E-state index contributed by atoms with van der Waals surface area (Å²) in [4.78, 5) is 12.0. The van der Waals surface area contributed by atoms with Gasteiger partial charge in [-0.1, -0.05) is 25.0 Å². The predicted octanol–water partition coefficient (Wildman–Crippen LogP) is 3.92. The number of hydrogen-bond donors (Lipinski definition) is 1. The second-order valence-electron chi connectivity index (χ2n) is 4.97. The molecule has 1 N–H and O–H groups in total. The van der Waals surface area contributed by atoms with Crippen LogP contribution in [0, 0.1) is 0 Å². The number of ether oxygens (including phenoxy) is 1. The fraction of sp³-hybridized carbons (Fsp3) is 0.500. The standard InChI is InChI=1S/C14H15ClF3NO2/c15-12(13(20)19-10-5-1-2-6-10)9-4-3-7-11(8-9)21-14(16,17)18/h3-4,7-8,10,12H,1-2,5-6H2,(H,19,20). The summed E-state index contributed by atoms with van der Waals surface area (Å²) in [5.74, 6) is -0.785. The minimum Gasteiger partial charge on any atom is -0.406 e. The average molecular weight is 322 g/mol. The molecule has 0 aromatic heterocycles. The Balaban J connectivity index is 2.02. The number of alkyl halides is 4. The lowest BCUT2D eigenvalue weighted by Gasteiger charge is -2.16. The molecule has 1 saturated carbocycles. The highest BCUT2D eigenvalue weighted by Crippen LogP contribution is 2.28. The zero-order chi connectivity index (χ0) is 15.5. The summed E-state index contributed by atoms with van der Waals surface area (Å²) in [7, 11) is 0. The number of halogens is 4. The van der Waals surface area contributed by atoms with E-state index >= 15 is 0 Å². The summed E-state index contributed by atoms with van der Waals surface area (Å²) in [5, 5.41) is 1.77. The first-order valence-corrected chi connectivity index (χ1v) is 7.09. The molecule has 7 heteroatoms. The van der Waals surface area contributed by atoms with Crippen LogP contribution in [0.4, 0.5) is 13.2 Å². The zero-order valence-electron chi connectivity index (χ0n) is 11.1. The van der Waals surface area contributed by atoms with Crippen LogP contribution in [0.1, 0.15) is 36.6 Å². The summed E-state index contributed by atoms with van der Waals surface area (Å²) >= 11 is 6.03. The lowest BCUT2D eigenvalue weighted by molar-refractivity contribution is -0.274. The van der Waals surface area contributed by atoms with Crippen LogP contribution in [0.5, 0.6) is 5.75 Å². The molecule has 1 fully saturated rings. The Morgan fingerprint density at radius 3 is 2.62 bits per heavy atom. The molecule has 3 nitrogen and oxygen atoms in total. The lowest BCUT2D eigenvalue weighted by Crippen LogP contribution is -2.34. The molecule has 1 aromatic rings. The van der Waals surface area contributed by atoms with Crippen molar-refractivity contribution >= 4 is 17.5 Å². The smallest absolute Gasteiger partial charge is 0.406 e. The zero-order valence-corrected chi connectivity index (χ0v) is 11.9. The highest BCUT2D eigenvalue weighted by atomic mass is 35.5. The van der Waals surface area contributed by atoms with Gasteiger partial charge in [0.1, 0.15) is 11.1 Å². The van der Waals surface area contributed by atoms with E-state index in [4.69, 9.17) is 11.6 Å². The summed E-state index contributed by atoms with van der Waals surface area (Å²) in [6, 6.07) is 5.26. The van der Waals surface area contributed by atoms with Gasteiger partial charge in [0.05, 0.1) is 0 Å². The molecule has 0 saturated heterocycles. The van der Waals surface area contributed by atoms with Crippen molar-refractivity contribution in [2.45, 2.75) is 43.5 Å². The number of hydrogen-bond acceptors (Lipinski definition) is 2. The predicted molar refractivity (Wildman–Crippen MR) is 72.1 cm³/mol. The normalized spacial score (nSPS) is 17.5. The van der Waals surface area contributed by atoms with Crippen LogP contribution in [0.2, 0.25) is 0 Å². The van der Waals surface area contributed by atoms with Gasteiger partial charge in [-0.25, -0.2) is 0 Å². The van der Waals surface area contributed by atoms with Crippen molar-refractivity contribution in [3.8, 4) is 5.75 Å². The maximum atomic E-state index is 12.2. The Labute approximate surface area is 125 Å². The van der Waals surface area contributed by atoms with Gasteiger partial charge in [0.15, 0.2) is 0 Å². The van der Waals surface area contributed by atoms with Gasteiger partial charge in [0.2, 0.25) is 5.91 Å². The number of benzene rings is 1. The van der Waals surface area contributed by atoms with Crippen LogP contribution in [0.3, 0.4) is 0 Å². The van der Waals surface area contributed by atoms with Gasteiger partial charge in [-0.15, -0.1) is 24.8 Å². The van der Waals surface area contributed by atoms with E-state index in [1.807, 2.05) is 0 Å². The van der Waals surface area contributed by atoms with E-state index in [0.29, 0.717) is 0 Å². The Morgan fingerprint density at radius 2 is 2.00 bits per heavy atom. The number of nitrogens with one attached hydrogen (secondary N) is 1. The van der Waals surface area contributed by atoms with Crippen molar-refractivity contribution in [3.05, 3.63) is 29.8 Å². The number of carbonyl (C=O) groups excluding carboxylic acids is 1. The first kappa shape index (κ1) is 15.9. The van der Waals surface area contributed by atoms with Crippen LogP contribution in [-0.2, 0) is 4.79 Å². The minimum absolute atomic E-state index is 0.105. The molecule has 0 spiro atoms. The molecule has 1 aliphatic rings. The minimum atomic E-state index is -4.77. The molecule has 0 heterocycles. The number of rotatable bonds is 4. The van der Waals surface area contributed by atoms with Crippen molar-refractivity contribution in [2.75, 3.05) is 0 Å². The van der Waals surface area contributed by atoms with Crippen LogP contribution >= 0.6 is 11.6 Å². The third-order valence-electron chi connectivity index (χ3n) is 3.32. The van der Waals surface area contributed by atoms with Crippen molar-refractivity contribution in [3.63, 3.8) is 0 Å². The molecule has 0 aliphatic heterocycles. The second-order valence-corrected chi connectivity index (χ2v) is 5.41. The molecule has 1 amide bonds. The molecular weight excluding hydrogens is 307 g/mol. The van der Waals surface area contributed by atoms with Gasteiger partial charge < -0.3 is 10.1 Å². The Bertz CT molecular complexity index is 501. The first-order chi connectivity index (χ1) is 9.85. The molecule has 116 valence electrons. The SMILES string of the molecule is O=C(NC1CCCC1)C(Cl)c1cccc(OC(F)(F)F)c1. The van der Waals surface area contributed by atoms with E-state index in [9.17, 15) is 18.0 Å². The molecule has 21 heavy (non-hydrogen) atoms. The molecule has 1 aromatic carbocycles. The van der Waals surface area contributed by atoms with Crippen LogP contribution in [0.15, 0.2) is 24.3 Å². The summed E-state index contributed by atoms with van der Waals surface area (Å²) in [5.41, 5.74) is 0.272. The van der Waals surface area contributed by atoms with Gasteiger partial charge in [0.25, 0.3) is 0 Å². The fourth-order valence-corrected chi connectivity index (χ4v) is 2.56. The number of carbonyl (C=O) groups is 1. The monoisotopic (exact) mass is 321 g/mol. The quantitative estimate of drug-likeness (QED) is 0.853. The molecule has 1 atom stereocenters. The van der Waals surface area contributed by atoms with Crippen LogP contribution in [-0.4, -0.2) is 18.3 Å². The van der Waals surface area contributed by atoms with E-state index in [2.05, 4.69) is 10.1 Å². The maximum Gasteiger partial charge on any atom is 0.573 e. The maximum absolute atomic E-state index is 12.2. The third-order valence-corrected chi connectivity index (χ3v) is 3.77. The van der Waals surface area contributed by atoms with Gasteiger partial charge >= 0.3 is 6.36 Å². The summed E-state index contributed by atoms with van der Waals surface area (Å²) in [6.07, 6.45) is -0.828. The van der Waals surface area contributed by atoms with Crippen molar-refractivity contribution in [2.24, 2.45) is 0 Å². The largest absolute Gasteiger partial charge is 0.573 e. The second kappa shape index (κ2) is 6.56. The van der Waals surface area contributed by atoms with Gasteiger partial charge in [-0.3, -0.25) is 4.79 Å². The summed E-state index contributed by atoms with van der Waals surface area (Å²) in [6.45, 7) is 0. The third kappa shape index (κ3) is 4.81. The Kier molecular flexibility index (Phi) is 4.98. The van der Waals surface area contributed by atoms with Gasteiger partial charge in [-0.2, -0.15) is 0 Å². The van der Waals surface area contributed by atoms with Crippen molar-refractivity contribution < 1.29 is 22.7 Å². The molecule has 2 rings (SSSR count). The van der Waals surface area contributed by atoms with Crippen molar-refractivity contribution in [1.82, 2.24) is 5.32 Å². The lowest BCUT2D eigenvalue weighted by atomic mass is 10.1. The highest BCUT2D eigenvalue weighted by molar-refractivity contribution is 6.30. The van der Waals surface area contributed by atoms with Gasteiger partial charge in [-0.05, 0) is 30.5 Å². The first-order valence-electron chi connectivity index (χ1n) is 6.65. The summed E-state index contributed by atoms with van der Waals surface area (Å²) < 4.78 is 40.3. The fourth-order valence-electron chi connectivity index (χ4n) is 2.37. The van der Waals surface area contributed by atoms with Crippen LogP contribution in [0.25, 0.3) is 0 Å². The van der Waals surface area contributed by atoms with Gasteiger partial charge in [0, 0.05) is 6.04 Å². The Morgan fingerprint density at radius 1 is 1.33 bits per heavy atom. The van der Waals surface area contributed by atoms with E-state index in [-0.39, 0.29) is 17.4 Å². The number of amides is 1. The van der Waals surface area contributed by atoms with Crippen molar-refractivity contribution in [1.29, 1.82) is 0 Å². The molecule has 1 unspecified atom stereocenters. The molecule has 1 aliphatic carbocycles. The highest BCUT2D eigenvalue weighted by Gasteiger charge is 2.31.